The fourth-order valence-electron chi connectivity index (χ4n) is 2.65. The minimum atomic E-state index is -3.96. The van der Waals surface area contributed by atoms with Gasteiger partial charge in [0.05, 0.1) is 10.6 Å². The van der Waals surface area contributed by atoms with Gasteiger partial charge < -0.3 is 14.6 Å². The van der Waals surface area contributed by atoms with Crippen LogP contribution in [0.2, 0.25) is 0 Å². The number of fused-ring (bicyclic) bond motifs is 1. The van der Waals surface area contributed by atoms with Crippen LogP contribution in [-0.4, -0.2) is 39.3 Å². The first-order valence-corrected chi connectivity index (χ1v) is 9.14. The summed E-state index contributed by atoms with van der Waals surface area (Å²) in [5, 5.41) is 9.40. The fraction of sp³-hybridized carbons (Fsp3) is 0.235. The average molecular weight is 363 g/mol. The molecule has 0 radical (unpaired) electrons. The number of rotatable bonds is 5. The highest BCUT2D eigenvalue weighted by molar-refractivity contribution is 7.92. The van der Waals surface area contributed by atoms with Crippen LogP contribution in [0.3, 0.4) is 0 Å². The molecule has 7 nitrogen and oxygen atoms in total. The Kier molecular flexibility index (Phi) is 4.54. The molecule has 8 heteroatoms. The lowest BCUT2D eigenvalue weighted by Crippen LogP contribution is -2.31. The SMILES string of the molecule is CCN(c1ccccc1)S(=O)(=O)c1cc2c(c(C(=O)O)c1)OCCO2. The molecule has 1 N–H and O–H groups in total. The maximum absolute atomic E-state index is 13.1. The molecule has 1 aliphatic rings. The van der Waals surface area contributed by atoms with Crippen molar-refractivity contribution >= 4 is 21.7 Å². The van der Waals surface area contributed by atoms with Crippen LogP contribution in [0.5, 0.6) is 11.5 Å². The standard InChI is InChI=1S/C17H17NO6S/c1-2-18(12-6-4-3-5-7-12)25(21,22)13-10-14(17(19)20)16-15(11-13)23-8-9-24-16/h3-7,10-11H,2,8-9H2,1H3,(H,19,20). The smallest absolute Gasteiger partial charge is 0.339 e. The number of benzene rings is 2. The summed E-state index contributed by atoms with van der Waals surface area (Å²) < 4.78 is 38.1. The summed E-state index contributed by atoms with van der Waals surface area (Å²) in [5.41, 5.74) is 0.261. The van der Waals surface area contributed by atoms with Crippen LogP contribution in [0.15, 0.2) is 47.4 Å². The normalized spacial score (nSPS) is 13.3. The van der Waals surface area contributed by atoms with Crippen molar-refractivity contribution in [3.63, 3.8) is 0 Å². The predicted molar refractivity (Wildman–Crippen MR) is 91.0 cm³/mol. The molecule has 0 saturated heterocycles. The summed E-state index contributed by atoms with van der Waals surface area (Å²) in [6.45, 7) is 2.35. The Hall–Kier alpha value is -2.74. The maximum Gasteiger partial charge on any atom is 0.339 e. The second kappa shape index (κ2) is 6.64. The van der Waals surface area contributed by atoms with Gasteiger partial charge in [-0.2, -0.15) is 0 Å². The Morgan fingerprint density at radius 3 is 2.48 bits per heavy atom. The van der Waals surface area contributed by atoms with Crippen LogP contribution >= 0.6 is 0 Å². The number of aromatic carboxylic acids is 1. The number of sulfonamides is 1. The van der Waals surface area contributed by atoms with E-state index in [9.17, 15) is 18.3 Å². The van der Waals surface area contributed by atoms with Gasteiger partial charge in [-0.05, 0) is 25.1 Å². The molecule has 2 aromatic carbocycles. The van der Waals surface area contributed by atoms with Gasteiger partial charge in [-0.3, -0.25) is 4.31 Å². The van der Waals surface area contributed by atoms with Gasteiger partial charge in [0, 0.05) is 12.6 Å². The highest BCUT2D eigenvalue weighted by atomic mass is 32.2. The Morgan fingerprint density at radius 1 is 1.16 bits per heavy atom. The first-order valence-electron chi connectivity index (χ1n) is 7.70. The lowest BCUT2D eigenvalue weighted by molar-refractivity contribution is 0.0685. The number of para-hydroxylation sites is 1. The van der Waals surface area contributed by atoms with Gasteiger partial charge in [0.15, 0.2) is 11.5 Å². The van der Waals surface area contributed by atoms with Crippen molar-refractivity contribution in [2.45, 2.75) is 11.8 Å². The maximum atomic E-state index is 13.1. The van der Waals surface area contributed by atoms with E-state index >= 15 is 0 Å². The van der Waals surface area contributed by atoms with Gasteiger partial charge >= 0.3 is 5.97 Å². The molecule has 0 atom stereocenters. The van der Waals surface area contributed by atoms with Crippen LogP contribution in [0, 0.1) is 0 Å². The van der Waals surface area contributed by atoms with E-state index in [0.717, 1.165) is 6.07 Å². The Labute approximate surface area is 145 Å². The molecule has 132 valence electrons. The number of carboxylic acids is 1. The minimum Gasteiger partial charge on any atom is -0.486 e. The second-order valence-electron chi connectivity index (χ2n) is 5.31. The third kappa shape index (κ3) is 3.12. The van der Waals surface area contributed by atoms with Gasteiger partial charge in [-0.15, -0.1) is 0 Å². The number of carboxylic acid groups (broad SMARTS) is 1. The van der Waals surface area contributed by atoms with Crippen LogP contribution in [-0.2, 0) is 10.0 Å². The van der Waals surface area contributed by atoms with Crippen molar-refractivity contribution < 1.29 is 27.8 Å². The zero-order valence-electron chi connectivity index (χ0n) is 13.5. The molecule has 0 spiro atoms. The lowest BCUT2D eigenvalue weighted by atomic mass is 10.2. The summed E-state index contributed by atoms with van der Waals surface area (Å²) in [7, 11) is -3.96. The minimum absolute atomic E-state index is 0.0560. The summed E-state index contributed by atoms with van der Waals surface area (Å²) in [4.78, 5) is 11.4. The topological polar surface area (TPSA) is 93.1 Å². The van der Waals surface area contributed by atoms with E-state index in [1.165, 1.54) is 10.4 Å². The summed E-state index contributed by atoms with van der Waals surface area (Å²) in [6.07, 6.45) is 0. The molecule has 0 bridgehead atoms. The first kappa shape index (κ1) is 17.1. The van der Waals surface area contributed by atoms with E-state index in [1.807, 2.05) is 0 Å². The molecule has 1 aliphatic heterocycles. The number of nitrogens with zero attached hydrogens (tertiary/aromatic N) is 1. The van der Waals surface area contributed by atoms with Gasteiger partial charge in [-0.1, -0.05) is 18.2 Å². The summed E-state index contributed by atoms with van der Waals surface area (Å²) in [5.74, 6) is -1.10. The first-order chi connectivity index (χ1) is 11.9. The highest BCUT2D eigenvalue weighted by Crippen LogP contribution is 2.37. The van der Waals surface area contributed by atoms with Crippen LogP contribution < -0.4 is 13.8 Å². The van der Waals surface area contributed by atoms with Gasteiger partial charge in [0.2, 0.25) is 0 Å². The molecule has 0 aromatic heterocycles. The van der Waals surface area contributed by atoms with Crippen molar-refractivity contribution in [3.8, 4) is 11.5 Å². The Balaban J connectivity index is 2.14. The number of ether oxygens (including phenoxy) is 2. The second-order valence-corrected chi connectivity index (χ2v) is 7.17. The Morgan fingerprint density at radius 2 is 1.84 bits per heavy atom. The largest absolute Gasteiger partial charge is 0.486 e. The van der Waals surface area contributed by atoms with E-state index in [0.29, 0.717) is 5.69 Å². The lowest BCUT2D eigenvalue weighted by Gasteiger charge is -2.25. The molecule has 1 heterocycles. The van der Waals surface area contributed by atoms with Crippen LogP contribution in [0.4, 0.5) is 5.69 Å². The third-order valence-electron chi connectivity index (χ3n) is 3.77. The predicted octanol–water partition coefficient (Wildman–Crippen LogP) is 2.37. The van der Waals surface area contributed by atoms with Crippen molar-refractivity contribution in [1.29, 1.82) is 0 Å². The zero-order valence-corrected chi connectivity index (χ0v) is 14.3. The van der Waals surface area contributed by atoms with Crippen molar-refractivity contribution in [2.75, 3.05) is 24.1 Å². The number of anilines is 1. The third-order valence-corrected chi connectivity index (χ3v) is 5.65. The molecular formula is C17H17NO6S. The molecular weight excluding hydrogens is 346 g/mol. The van der Waals surface area contributed by atoms with Crippen molar-refractivity contribution in [3.05, 3.63) is 48.0 Å². The fourth-order valence-corrected chi connectivity index (χ4v) is 4.17. The van der Waals surface area contributed by atoms with Crippen molar-refractivity contribution in [2.24, 2.45) is 0 Å². The molecule has 2 aromatic rings. The summed E-state index contributed by atoms with van der Waals surface area (Å²) >= 11 is 0. The molecule has 0 amide bonds. The molecule has 0 unspecified atom stereocenters. The van der Waals surface area contributed by atoms with Gasteiger partial charge in [0.25, 0.3) is 10.0 Å². The monoisotopic (exact) mass is 363 g/mol. The van der Waals surface area contributed by atoms with Gasteiger partial charge in [-0.25, -0.2) is 13.2 Å². The number of hydrogen-bond acceptors (Lipinski definition) is 5. The zero-order chi connectivity index (χ0) is 18.0. The van der Waals surface area contributed by atoms with E-state index in [1.54, 1.807) is 37.3 Å². The average Bonchev–Trinajstić information content (AvgIpc) is 2.62. The van der Waals surface area contributed by atoms with Gasteiger partial charge in [0.1, 0.15) is 18.8 Å². The van der Waals surface area contributed by atoms with E-state index in [-0.39, 0.29) is 41.7 Å². The van der Waals surface area contributed by atoms with Crippen LogP contribution in [0.1, 0.15) is 17.3 Å². The molecule has 25 heavy (non-hydrogen) atoms. The molecule has 0 saturated carbocycles. The van der Waals surface area contributed by atoms with Crippen LogP contribution in [0.25, 0.3) is 0 Å². The van der Waals surface area contributed by atoms with E-state index in [2.05, 4.69) is 0 Å². The van der Waals surface area contributed by atoms with E-state index in [4.69, 9.17) is 9.47 Å². The number of hydrogen-bond donors (Lipinski definition) is 1. The summed E-state index contributed by atoms with van der Waals surface area (Å²) in [6, 6.07) is 11.0. The Bertz CT molecular complexity index is 895. The molecule has 0 fully saturated rings. The quantitative estimate of drug-likeness (QED) is 0.877. The van der Waals surface area contributed by atoms with E-state index < -0.39 is 16.0 Å². The number of carbonyl (C=O) groups is 1. The molecule has 0 aliphatic carbocycles. The highest BCUT2D eigenvalue weighted by Gasteiger charge is 2.29. The molecule has 3 rings (SSSR count). The van der Waals surface area contributed by atoms with Crippen molar-refractivity contribution in [1.82, 2.24) is 0 Å².